The minimum Gasteiger partial charge on any atom is -0.374 e. The summed E-state index contributed by atoms with van der Waals surface area (Å²) in [6.45, 7) is 16.1. The van der Waals surface area contributed by atoms with Crippen molar-refractivity contribution in [3.05, 3.63) is 0 Å². The molecule has 1 aliphatic carbocycles. The van der Waals surface area contributed by atoms with Crippen LogP contribution in [0.5, 0.6) is 0 Å². The van der Waals surface area contributed by atoms with Crippen LogP contribution in [0, 0.1) is 11.8 Å². The summed E-state index contributed by atoms with van der Waals surface area (Å²) in [5.74, 6) is 6.60. The minimum atomic E-state index is -2.49. The van der Waals surface area contributed by atoms with E-state index in [0.29, 0.717) is 39.6 Å². The van der Waals surface area contributed by atoms with E-state index >= 15 is 0 Å². The molecule has 1 fully saturated rings. The van der Waals surface area contributed by atoms with Crippen molar-refractivity contribution in [2.24, 2.45) is 11.8 Å². The highest BCUT2D eigenvalue weighted by Gasteiger charge is 2.40. The molecule has 0 heterocycles. The molecule has 0 saturated heterocycles. The largest absolute Gasteiger partial charge is 0.500 e. The number of rotatable bonds is 30. The SMILES string of the molecule is CCO[Si](CCCSSSCCC1CCCCC1CCSSSCCC[Si](OCC)(OCC)OCC)(OCC)OCC. The standard InChI is InChI=1S/C28H60O6S6Si2/c1-7-29-41(30-8-2,31-9-3)25-15-21-35-39-37-23-19-27-17-13-14-18-28(27)20-24-38-40-36-22-16-26-42(32-10-4,33-11-5)34-12-6/h27-28H,7-26H2,1-6H3. The minimum absolute atomic E-state index is 0.657. The van der Waals surface area contributed by atoms with Crippen LogP contribution < -0.4 is 0 Å². The second kappa shape index (κ2) is 28.3. The van der Waals surface area contributed by atoms with Gasteiger partial charge in [-0.2, -0.15) is 0 Å². The Kier molecular flexibility index (Phi) is 28.5. The van der Waals surface area contributed by atoms with Crippen LogP contribution in [0.3, 0.4) is 0 Å². The monoisotopic (exact) mass is 740 g/mol. The topological polar surface area (TPSA) is 55.4 Å². The predicted molar refractivity (Wildman–Crippen MR) is 200 cm³/mol. The van der Waals surface area contributed by atoms with Crippen LogP contribution in [-0.2, 0) is 26.6 Å². The first-order valence-electron chi connectivity index (χ1n) is 16.2. The van der Waals surface area contributed by atoms with Gasteiger partial charge >= 0.3 is 17.6 Å². The fraction of sp³-hybridized carbons (Fsp3) is 1.00. The summed E-state index contributed by atoms with van der Waals surface area (Å²) < 4.78 is 35.9. The van der Waals surface area contributed by atoms with Crippen LogP contribution in [0.2, 0.25) is 12.1 Å². The lowest BCUT2D eigenvalue weighted by molar-refractivity contribution is 0.0704. The maximum atomic E-state index is 5.98. The molecule has 0 radical (unpaired) electrons. The van der Waals surface area contributed by atoms with Gasteiger partial charge < -0.3 is 26.6 Å². The van der Waals surface area contributed by atoms with Gasteiger partial charge in [-0.3, -0.25) is 0 Å². The van der Waals surface area contributed by atoms with Gasteiger partial charge in [-0.1, -0.05) is 68.9 Å². The van der Waals surface area contributed by atoms with Gasteiger partial charge in [0, 0.05) is 74.7 Å². The Labute approximate surface area is 284 Å². The van der Waals surface area contributed by atoms with Gasteiger partial charge in [0.15, 0.2) is 0 Å². The first-order valence-corrected chi connectivity index (χ1v) is 27.7. The highest BCUT2D eigenvalue weighted by molar-refractivity contribution is 9.09. The fourth-order valence-corrected chi connectivity index (χ4v) is 19.0. The first kappa shape index (κ1) is 42.3. The lowest BCUT2D eigenvalue weighted by Gasteiger charge is -2.31. The van der Waals surface area contributed by atoms with E-state index in [9.17, 15) is 0 Å². The molecule has 0 aromatic carbocycles. The molecule has 42 heavy (non-hydrogen) atoms. The molecule has 0 amide bonds. The number of hydrogen-bond donors (Lipinski definition) is 0. The second-order valence-electron chi connectivity index (χ2n) is 9.98. The average Bonchev–Trinajstić information content (AvgIpc) is 2.97. The lowest BCUT2D eigenvalue weighted by atomic mass is 9.76. The van der Waals surface area contributed by atoms with Gasteiger partial charge in [0.05, 0.1) is 0 Å². The van der Waals surface area contributed by atoms with E-state index in [1.165, 1.54) is 50.0 Å². The molecule has 1 aliphatic rings. The predicted octanol–water partition coefficient (Wildman–Crippen LogP) is 10.5. The van der Waals surface area contributed by atoms with Crippen molar-refractivity contribution < 1.29 is 26.6 Å². The van der Waals surface area contributed by atoms with Crippen molar-refractivity contribution in [3.63, 3.8) is 0 Å². The molecule has 6 nitrogen and oxygen atoms in total. The zero-order valence-corrected chi connectivity index (χ0v) is 34.1. The van der Waals surface area contributed by atoms with E-state index in [-0.39, 0.29) is 0 Å². The summed E-state index contributed by atoms with van der Waals surface area (Å²) >= 11 is 0. The van der Waals surface area contributed by atoms with Gasteiger partial charge in [-0.05, 0) is 98.7 Å². The van der Waals surface area contributed by atoms with Crippen molar-refractivity contribution in [2.75, 3.05) is 62.7 Å². The third-order valence-electron chi connectivity index (χ3n) is 7.01. The van der Waals surface area contributed by atoms with Crippen LogP contribution in [0.25, 0.3) is 0 Å². The summed E-state index contributed by atoms with van der Waals surface area (Å²) in [5.41, 5.74) is 0. The maximum absolute atomic E-state index is 5.98. The highest BCUT2D eigenvalue weighted by atomic mass is 33.5. The third-order valence-corrected chi connectivity index (χ3v) is 22.0. The van der Waals surface area contributed by atoms with Crippen LogP contribution in [0.15, 0.2) is 0 Å². The van der Waals surface area contributed by atoms with Crippen LogP contribution in [-0.4, -0.2) is 80.3 Å². The molecule has 0 spiro atoms. The van der Waals surface area contributed by atoms with Gasteiger partial charge in [0.25, 0.3) is 0 Å². The van der Waals surface area contributed by atoms with Gasteiger partial charge in [-0.25, -0.2) is 0 Å². The Bertz CT molecular complexity index is 535. The molecule has 2 atom stereocenters. The Morgan fingerprint density at radius 2 is 0.786 bits per heavy atom. The van der Waals surface area contributed by atoms with Crippen LogP contribution in [0.1, 0.15) is 92.9 Å². The molecule has 0 aromatic heterocycles. The molecule has 0 aliphatic heterocycles. The van der Waals surface area contributed by atoms with E-state index in [0.717, 1.165) is 48.3 Å². The molecule has 1 saturated carbocycles. The zero-order chi connectivity index (χ0) is 30.8. The molecular formula is C28H60O6S6Si2. The smallest absolute Gasteiger partial charge is 0.374 e. The Hall–Kier alpha value is 2.29. The van der Waals surface area contributed by atoms with Crippen molar-refractivity contribution >= 4 is 80.4 Å². The highest BCUT2D eigenvalue weighted by Crippen LogP contribution is 2.42. The molecule has 252 valence electrons. The van der Waals surface area contributed by atoms with E-state index in [2.05, 4.69) is 0 Å². The maximum Gasteiger partial charge on any atom is 0.500 e. The summed E-state index contributed by atoms with van der Waals surface area (Å²) in [6.07, 6.45) is 10.6. The average molecular weight is 741 g/mol. The Balaban J connectivity index is 2.17. The molecule has 1 rings (SSSR count). The quantitative estimate of drug-likeness (QED) is 0.0400. The van der Waals surface area contributed by atoms with Crippen molar-refractivity contribution in [1.29, 1.82) is 0 Å². The van der Waals surface area contributed by atoms with Crippen molar-refractivity contribution in [3.8, 4) is 0 Å². The van der Waals surface area contributed by atoms with Gasteiger partial charge in [0.1, 0.15) is 0 Å². The molecule has 0 bridgehead atoms. The molecule has 0 aromatic rings. The first-order chi connectivity index (χ1) is 20.5. The number of hydrogen-bond acceptors (Lipinski definition) is 12. The van der Waals surface area contributed by atoms with E-state index in [4.69, 9.17) is 26.6 Å². The van der Waals surface area contributed by atoms with E-state index < -0.39 is 17.6 Å². The van der Waals surface area contributed by atoms with Crippen LogP contribution >= 0.6 is 62.8 Å². The summed E-state index contributed by atoms with van der Waals surface area (Å²) in [4.78, 5) is 0. The normalized spacial score (nSPS) is 18.1. The summed E-state index contributed by atoms with van der Waals surface area (Å²) in [5, 5.41) is 0. The van der Waals surface area contributed by atoms with Crippen LogP contribution in [0.4, 0.5) is 0 Å². The van der Waals surface area contributed by atoms with E-state index in [1.807, 2.05) is 104 Å². The van der Waals surface area contributed by atoms with Gasteiger partial charge in [0.2, 0.25) is 0 Å². The third kappa shape index (κ3) is 19.2. The lowest BCUT2D eigenvalue weighted by Crippen LogP contribution is -2.46. The molecule has 14 heteroatoms. The summed E-state index contributed by atoms with van der Waals surface area (Å²) in [7, 11) is 7.02. The zero-order valence-electron chi connectivity index (χ0n) is 27.2. The van der Waals surface area contributed by atoms with Crippen molar-refractivity contribution in [1.82, 2.24) is 0 Å². The Morgan fingerprint density at radius 3 is 1.10 bits per heavy atom. The summed E-state index contributed by atoms with van der Waals surface area (Å²) in [6, 6.07) is 1.83. The molecule has 0 N–H and O–H groups in total. The van der Waals surface area contributed by atoms with Crippen molar-refractivity contribution in [2.45, 2.75) is 105 Å². The second-order valence-corrected chi connectivity index (χ2v) is 24.4. The molecule has 2 unspecified atom stereocenters. The van der Waals surface area contributed by atoms with E-state index in [1.54, 1.807) is 0 Å². The fourth-order valence-electron chi connectivity index (χ4n) is 5.35. The van der Waals surface area contributed by atoms with Gasteiger partial charge in [-0.15, -0.1) is 0 Å². The molecular weight excluding hydrogens is 681 g/mol. The Morgan fingerprint density at radius 1 is 0.476 bits per heavy atom.